The van der Waals surface area contributed by atoms with Crippen LogP contribution in [0.5, 0.6) is 11.5 Å². The lowest BCUT2D eigenvalue weighted by atomic mass is 10.1. The second-order valence-electron chi connectivity index (χ2n) is 4.06. The summed E-state index contributed by atoms with van der Waals surface area (Å²) >= 11 is 0. The molecule has 1 aromatic carbocycles. The van der Waals surface area contributed by atoms with Gasteiger partial charge in [0.05, 0.1) is 12.7 Å². The van der Waals surface area contributed by atoms with Gasteiger partial charge < -0.3 is 14.2 Å². The number of esters is 1. The lowest BCUT2D eigenvalue weighted by Crippen LogP contribution is -2.04. The zero-order valence-electron chi connectivity index (χ0n) is 10.8. The van der Waals surface area contributed by atoms with Gasteiger partial charge in [-0.2, -0.15) is 0 Å². The molecule has 0 fully saturated rings. The summed E-state index contributed by atoms with van der Waals surface area (Å²) in [4.78, 5) is 22.5. The minimum Gasteiger partial charge on any atom is -0.489 e. The number of carbonyl (C=O) groups is 2. The summed E-state index contributed by atoms with van der Waals surface area (Å²) in [6, 6.07) is 5.05. The molecule has 1 heterocycles. The first-order chi connectivity index (χ1) is 9.11. The summed E-state index contributed by atoms with van der Waals surface area (Å²) in [5.41, 5.74) is 1.06. The second-order valence-corrected chi connectivity index (χ2v) is 4.06. The van der Waals surface area contributed by atoms with Crippen molar-refractivity contribution in [2.45, 2.75) is 6.92 Å². The van der Waals surface area contributed by atoms with Gasteiger partial charge in [-0.3, -0.25) is 4.79 Å². The van der Waals surface area contributed by atoms with Gasteiger partial charge in [0.25, 0.3) is 0 Å². The molecular formula is C14H14O5. The number of fused-ring (bicyclic) bond motifs is 1. The smallest absolute Gasteiger partial charge is 0.333 e. The van der Waals surface area contributed by atoms with Crippen molar-refractivity contribution in [1.82, 2.24) is 0 Å². The Morgan fingerprint density at radius 1 is 1.47 bits per heavy atom. The Labute approximate surface area is 110 Å². The topological polar surface area (TPSA) is 61.8 Å². The molecule has 2 rings (SSSR count). The molecule has 0 N–H and O–H groups in total. The summed E-state index contributed by atoms with van der Waals surface area (Å²) in [7, 11) is 1.33. The van der Waals surface area contributed by atoms with Gasteiger partial charge in [-0.25, -0.2) is 4.79 Å². The molecule has 0 aromatic heterocycles. The van der Waals surface area contributed by atoms with E-state index < -0.39 is 0 Å². The third-order valence-electron chi connectivity index (χ3n) is 2.76. The van der Waals surface area contributed by atoms with Crippen LogP contribution >= 0.6 is 0 Å². The predicted octanol–water partition coefficient (Wildman–Crippen LogP) is 1.76. The summed E-state index contributed by atoms with van der Waals surface area (Å²) < 4.78 is 15.2. The Kier molecular flexibility index (Phi) is 3.85. The van der Waals surface area contributed by atoms with Crippen molar-refractivity contribution in [2.24, 2.45) is 0 Å². The van der Waals surface area contributed by atoms with E-state index in [1.165, 1.54) is 7.11 Å². The van der Waals surface area contributed by atoms with Gasteiger partial charge in [0.2, 0.25) is 5.78 Å². The number of hydrogen-bond acceptors (Lipinski definition) is 5. The molecule has 0 saturated carbocycles. The number of hydrogen-bond donors (Lipinski definition) is 0. The zero-order valence-corrected chi connectivity index (χ0v) is 10.8. The Morgan fingerprint density at radius 2 is 2.26 bits per heavy atom. The van der Waals surface area contributed by atoms with Crippen molar-refractivity contribution < 1.29 is 23.8 Å². The molecule has 0 bridgehead atoms. The van der Waals surface area contributed by atoms with Crippen LogP contribution in [0.3, 0.4) is 0 Å². The second kappa shape index (κ2) is 5.56. The average Bonchev–Trinajstić information content (AvgIpc) is 2.79. The van der Waals surface area contributed by atoms with Crippen LogP contribution in [-0.4, -0.2) is 32.1 Å². The van der Waals surface area contributed by atoms with Crippen LogP contribution in [0, 0.1) is 0 Å². The van der Waals surface area contributed by atoms with Crippen molar-refractivity contribution in [3.05, 3.63) is 35.4 Å². The molecule has 0 spiro atoms. The standard InChI is InChI=1S/C14H14O5/c1-9(14(16)17-2)5-6-18-10-3-4-11-12(15)8-19-13(11)7-10/h3-5,7H,6,8H2,1-2H3. The monoisotopic (exact) mass is 262 g/mol. The normalized spacial score (nSPS) is 13.8. The summed E-state index contributed by atoms with van der Waals surface area (Å²) in [5, 5.41) is 0. The fourth-order valence-electron chi connectivity index (χ4n) is 1.67. The first-order valence-electron chi connectivity index (χ1n) is 5.79. The zero-order chi connectivity index (χ0) is 13.8. The number of benzene rings is 1. The van der Waals surface area contributed by atoms with Crippen molar-refractivity contribution in [1.29, 1.82) is 0 Å². The SMILES string of the molecule is COC(=O)C(C)=CCOc1ccc2c(c1)OCC2=O. The summed E-state index contributed by atoms with van der Waals surface area (Å²) in [6.45, 7) is 1.98. The van der Waals surface area contributed by atoms with Crippen LogP contribution < -0.4 is 9.47 Å². The molecule has 19 heavy (non-hydrogen) atoms. The molecule has 1 aliphatic rings. The summed E-state index contributed by atoms with van der Waals surface area (Å²) in [5.74, 6) is 0.716. The number of ether oxygens (including phenoxy) is 3. The van der Waals surface area contributed by atoms with Crippen LogP contribution in [-0.2, 0) is 9.53 Å². The third-order valence-corrected chi connectivity index (χ3v) is 2.76. The highest BCUT2D eigenvalue weighted by molar-refractivity contribution is 6.02. The Morgan fingerprint density at radius 3 is 3.00 bits per heavy atom. The molecule has 0 radical (unpaired) electrons. The van der Waals surface area contributed by atoms with Gasteiger partial charge in [0, 0.05) is 11.6 Å². The van der Waals surface area contributed by atoms with Gasteiger partial charge in [-0.1, -0.05) is 0 Å². The molecule has 5 nitrogen and oxygen atoms in total. The first-order valence-corrected chi connectivity index (χ1v) is 5.79. The summed E-state index contributed by atoms with van der Waals surface area (Å²) in [6.07, 6.45) is 1.63. The van der Waals surface area contributed by atoms with Gasteiger partial charge in [0.1, 0.15) is 18.1 Å². The molecule has 100 valence electrons. The Bertz CT molecular complexity index is 545. The molecule has 0 atom stereocenters. The van der Waals surface area contributed by atoms with E-state index in [4.69, 9.17) is 9.47 Å². The van der Waals surface area contributed by atoms with Crippen LogP contribution in [0.2, 0.25) is 0 Å². The molecule has 1 aliphatic heterocycles. The maximum atomic E-state index is 11.4. The molecule has 0 aliphatic carbocycles. The van der Waals surface area contributed by atoms with Crippen LogP contribution in [0.4, 0.5) is 0 Å². The Hall–Kier alpha value is -2.30. The highest BCUT2D eigenvalue weighted by Gasteiger charge is 2.21. The average molecular weight is 262 g/mol. The van der Waals surface area contributed by atoms with Gasteiger partial charge in [-0.15, -0.1) is 0 Å². The highest BCUT2D eigenvalue weighted by Crippen LogP contribution is 2.29. The number of Topliss-reactive ketones (excluding diaryl/α,β-unsaturated/α-hetero) is 1. The minimum atomic E-state index is -0.383. The van der Waals surface area contributed by atoms with Crippen molar-refractivity contribution in [3.63, 3.8) is 0 Å². The Balaban J connectivity index is 1.98. The van der Waals surface area contributed by atoms with Crippen LogP contribution in [0.1, 0.15) is 17.3 Å². The van der Waals surface area contributed by atoms with E-state index in [2.05, 4.69) is 4.74 Å². The van der Waals surface area contributed by atoms with Crippen molar-refractivity contribution in [3.8, 4) is 11.5 Å². The highest BCUT2D eigenvalue weighted by atomic mass is 16.5. The van der Waals surface area contributed by atoms with E-state index in [0.29, 0.717) is 22.6 Å². The van der Waals surface area contributed by atoms with E-state index >= 15 is 0 Å². The van der Waals surface area contributed by atoms with Gasteiger partial charge in [0.15, 0.2) is 6.61 Å². The number of methoxy groups -OCH3 is 1. The van der Waals surface area contributed by atoms with Crippen molar-refractivity contribution >= 4 is 11.8 Å². The van der Waals surface area contributed by atoms with E-state index in [1.54, 1.807) is 31.2 Å². The third kappa shape index (κ3) is 2.93. The fraction of sp³-hybridized carbons (Fsp3) is 0.286. The van der Waals surface area contributed by atoms with Gasteiger partial charge >= 0.3 is 5.97 Å². The lowest BCUT2D eigenvalue weighted by molar-refractivity contribution is -0.136. The molecule has 0 amide bonds. The quantitative estimate of drug-likeness (QED) is 0.611. The molecule has 1 aromatic rings. The number of carbonyl (C=O) groups excluding carboxylic acids is 2. The fourth-order valence-corrected chi connectivity index (χ4v) is 1.67. The molecule has 0 saturated heterocycles. The van der Waals surface area contributed by atoms with E-state index in [0.717, 1.165) is 0 Å². The van der Waals surface area contributed by atoms with E-state index in [9.17, 15) is 9.59 Å². The first kappa shape index (κ1) is 13.1. The van der Waals surface area contributed by atoms with Crippen molar-refractivity contribution in [2.75, 3.05) is 20.3 Å². The van der Waals surface area contributed by atoms with Crippen LogP contribution in [0.15, 0.2) is 29.8 Å². The maximum Gasteiger partial charge on any atom is 0.333 e. The largest absolute Gasteiger partial charge is 0.489 e. The molecular weight excluding hydrogens is 248 g/mol. The van der Waals surface area contributed by atoms with Gasteiger partial charge in [-0.05, 0) is 25.1 Å². The van der Waals surface area contributed by atoms with E-state index in [-0.39, 0.29) is 25.0 Å². The number of ketones is 1. The predicted molar refractivity (Wildman–Crippen MR) is 67.5 cm³/mol. The van der Waals surface area contributed by atoms with E-state index in [1.807, 2.05) is 0 Å². The molecule has 5 heteroatoms. The number of rotatable bonds is 4. The van der Waals surface area contributed by atoms with Crippen LogP contribution in [0.25, 0.3) is 0 Å². The lowest BCUT2D eigenvalue weighted by Gasteiger charge is -2.05. The maximum absolute atomic E-state index is 11.4. The minimum absolute atomic E-state index is 0.0250. The molecule has 0 unspecified atom stereocenters.